The minimum atomic E-state index is -0.492. The van der Waals surface area contributed by atoms with E-state index in [9.17, 15) is 10.1 Å². The van der Waals surface area contributed by atoms with E-state index >= 15 is 0 Å². The van der Waals surface area contributed by atoms with Crippen LogP contribution in [-0.4, -0.2) is 20.1 Å². The van der Waals surface area contributed by atoms with Gasteiger partial charge in [-0.25, -0.2) is 0 Å². The predicted octanol–water partition coefficient (Wildman–Crippen LogP) is 2.52. The van der Waals surface area contributed by atoms with Crippen molar-refractivity contribution in [2.45, 2.75) is 6.54 Å². The zero-order valence-electron chi connectivity index (χ0n) is 12.8. The molecule has 118 valence electrons. The van der Waals surface area contributed by atoms with Gasteiger partial charge in [-0.3, -0.25) is 4.79 Å². The molecule has 2 rings (SSSR count). The zero-order valence-corrected chi connectivity index (χ0v) is 12.8. The fourth-order valence-electron chi connectivity index (χ4n) is 2.01. The normalized spacial score (nSPS) is 10.7. The zero-order chi connectivity index (χ0) is 16.7. The number of benzene rings is 1. The van der Waals surface area contributed by atoms with Crippen molar-refractivity contribution in [2.24, 2.45) is 0 Å². The van der Waals surface area contributed by atoms with E-state index in [4.69, 9.17) is 13.9 Å². The van der Waals surface area contributed by atoms with Gasteiger partial charge in [0, 0.05) is 5.56 Å². The van der Waals surface area contributed by atoms with Crippen LogP contribution in [0.1, 0.15) is 11.3 Å². The highest BCUT2D eigenvalue weighted by Gasteiger charge is 2.13. The van der Waals surface area contributed by atoms with Crippen LogP contribution < -0.4 is 14.8 Å². The average molecular weight is 312 g/mol. The van der Waals surface area contributed by atoms with Gasteiger partial charge in [-0.15, -0.1) is 0 Å². The Morgan fingerprint density at radius 1 is 1.30 bits per heavy atom. The second-order valence-corrected chi connectivity index (χ2v) is 4.51. The van der Waals surface area contributed by atoms with E-state index in [1.807, 2.05) is 6.07 Å². The van der Waals surface area contributed by atoms with E-state index in [0.29, 0.717) is 22.8 Å². The maximum Gasteiger partial charge on any atom is 0.262 e. The quantitative estimate of drug-likeness (QED) is 0.654. The van der Waals surface area contributed by atoms with E-state index in [1.165, 1.54) is 26.6 Å². The number of hydrogen-bond donors (Lipinski definition) is 1. The number of nitrogens with zero attached hydrogens (tertiary/aromatic N) is 1. The molecule has 0 radical (unpaired) electrons. The predicted molar refractivity (Wildman–Crippen MR) is 83.7 cm³/mol. The molecule has 1 aromatic heterocycles. The van der Waals surface area contributed by atoms with Crippen molar-refractivity contribution in [2.75, 3.05) is 14.2 Å². The van der Waals surface area contributed by atoms with E-state index < -0.39 is 5.91 Å². The van der Waals surface area contributed by atoms with E-state index in [-0.39, 0.29) is 12.1 Å². The van der Waals surface area contributed by atoms with Crippen molar-refractivity contribution < 1.29 is 18.7 Å². The Morgan fingerprint density at radius 2 is 2.13 bits per heavy atom. The van der Waals surface area contributed by atoms with E-state index in [1.54, 1.807) is 30.3 Å². The molecule has 0 saturated carbocycles. The summed E-state index contributed by atoms with van der Waals surface area (Å²) >= 11 is 0. The van der Waals surface area contributed by atoms with Crippen molar-refractivity contribution >= 4 is 12.0 Å². The average Bonchev–Trinajstić information content (AvgIpc) is 3.10. The first-order valence-electron chi connectivity index (χ1n) is 6.83. The highest BCUT2D eigenvalue weighted by Crippen LogP contribution is 2.32. The maximum atomic E-state index is 12.1. The van der Waals surface area contributed by atoms with Gasteiger partial charge in [0.05, 0.1) is 27.0 Å². The molecule has 1 heterocycles. The van der Waals surface area contributed by atoms with Crippen molar-refractivity contribution in [3.8, 4) is 17.6 Å². The monoisotopic (exact) mass is 312 g/mol. The molecule has 2 aromatic rings. The van der Waals surface area contributed by atoms with Gasteiger partial charge in [-0.05, 0) is 24.3 Å². The van der Waals surface area contributed by atoms with Crippen molar-refractivity contribution in [1.29, 1.82) is 5.26 Å². The molecule has 0 saturated heterocycles. The molecule has 0 aliphatic heterocycles. The van der Waals surface area contributed by atoms with Crippen LogP contribution in [0.4, 0.5) is 0 Å². The van der Waals surface area contributed by atoms with Gasteiger partial charge in [0.1, 0.15) is 17.4 Å². The third kappa shape index (κ3) is 3.92. The van der Waals surface area contributed by atoms with Crippen LogP contribution in [0.2, 0.25) is 0 Å². The molecule has 0 unspecified atom stereocenters. The summed E-state index contributed by atoms with van der Waals surface area (Å²) in [7, 11) is 3.02. The molecule has 6 heteroatoms. The largest absolute Gasteiger partial charge is 0.493 e. The lowest BCUT2D eigenvalue weighted by molar-refractivity contribution is -0.117. The summed E-state index contributed by atoms with van der Waals surface area (Å²) in [5, 5.41) is 11.9. The lowest BCUT2D eigenvalue weighted by Crippen LogP contribution is -2.23. The standard InChI is InChI=1S/C17H16N2O4/c1-21-15-7-3-5-12(16(15)22-2)9-13(10-18)17(20)19-11-14-6-4-8-23-14/h3-9H,11H2,1-2H3,(H,19,20)/b13-9+. The van der Waals surface area contributed by atoms with Gasteiger partial charge < -0.3 is 19.2 Å². The molecule has 1 amide bonds. The van der Waals surface area contributed by atoms with Crippen LogP contribution in [0.5, 0.6) is 11.5 Å². The van der Waals surface area contributed by atoms with Crippen LogP contribution in [0.15, 0.2) is 46.6 Å². The number of methoxy groups -OCH3 is 2. The van der Waals surface area contributed by atoms with Gasteiger partial charge in [0.15, 0.2) is 11.5 Å². The Balaban J connectivity index is 2.21. The Hall–Kier alpha value is -3.20. The summed E-state index contributed by atoms with van der Waals surface area (Å²) in [6.07, 6.45) is 2.97. The Kier molecular flexibility index (Phi) is 5.42. The number of ether oxygens (including phenoxy) is 2. The van der Waals surface area contributed by atoms with Gasteiger partial charge in [0.2, 0.25) is 0 Å². The van der Waals surface area contributed by atoms with Crippen molar-refractivity contribution in [1.82, 2.24) is 5.32 Å². The van der Waals surface area contributed by atoms with Gasteiger partial charge >= 0.3 is 0 Å². The second-order valence-electron chi connectivity index (χ2n) is 4.51. The summed E-state index contributed by atoms with van der Waals surface area (Å²) in [5.41, 5.74) is 0.541. The molecule has 0 aliphatic carbocycles. The van der Waals surface area contributed by atoms with Crippen LogP contribution in [0, 0.1) is 11.3 Å². The number of nitrogens with one attached hydrogen (secondary N) is 1. The van der Waals surface area contributed by atoms with Crippen LogP contribution >= 0.6 is 0 Å². The highest BCUT2D eigenvalue weighted by molar-refractivity contribution is 6.02. The molecule has 0 atom stereocenters. The van der Waals surface area contributed by atoms with Gasteiger partial charge in [0.25, 0.3) is 5.91 Å². The van der Waals surface area contributed by atoms with Crippen LogP contribution in [-0.2, 0) is 11.3 Å². The Morgan fingerprint density at radius 3 is 2.74 bits per heavy atom. The van der Waals surface area contributed by atoms with Crippen LogP contribution in [0.25, 0.3) is 6.08 Å². The number of amides is 1. The van der Waals surface area contributed by atoms with Crippen LogP contribution in [0.3, 0.4) is 0 Å². The van der Waals surface area contributed by atoms with E-state index in [0.717, 1.165) is 0 Å². The lowest BCUT2D eigenvalue weighted by Gasteiger charge is -2.10. The Labute approximate surface area is 133 Å². The first kappa shape index (κ1) is 16.2. The molecule has 1 N–H and O–H groups in total. The lowest BCUT2D eigenvalue weighted by atomic mass is 10.1. The number of hydrogen-bond acceptors (Lipinski definition) is 5. The molecule has 0 aliphatic rings. The number of rotatable bonds is 6. The van der Waals surface area contributed by atoms with Crippen molar-refractivity contribution in [3.05, 3.63) is 53.5 Å². The fourth-order valence-corrected chi connectivity index (χ4v) is 2.01. The Bertz CT molecular complexity index is 742. The second kappa shape index (κ2) is 7.71. The molecule has 6 nitrogen and oxygen atoms in total. The molecular formula is C17H16N2O4. The van der Waals surface area contributed by atoms with E-state index in [2.05, 4.69) is 5.32 Å². The number of furan rings is 1. The minimum absolute atomic E-state index is 0.0388. The fraction of sp³-hybridized carbons (Fsp3) is 0.176. The minimum Gasteiger partial charge on any atom is -0.493 e. The summed E-state index contributed by atoms with van der Waals surface area (Å²) in [4.78, 5) is 12.1. The van der Waals surface area contributed by atoms with Gasteiger partial charge in [-0.1, -0.05) is 12.1 Å². The molecule has 0 bridgehead atoms. The molecule has 0 spiro atoms. The van der Waals surface area contributed by atoms with Crippen molar-refractivity contribution in [3.63, 3.8) is 0 Å². The smallest absolute Gasteiger partial charge is 0.262 e. The third-order valence-electron chi connectivity index (χ3n) is 3.10. The molecular weight excluding hydrogens is 296 g/mol. The van der Waals surface area contributed by atoms with Gasteiger partial charge in [-0.2, -0.15) is 5.26 Å². The first-order valence-corrected chi connectivity index (χ1v) is 6.83. The first-order chi connectivity index (χ1) is 11.2. The molecule has 23 heavy (non-hydrogen) atoms. The highest BCUT2D eigenvalue weighted by atomic mass is 16.5. The number of para-hydroxylation sites is 1. The number of nitriles is 1. The molecule has 0 fully saturated rings. The summed E-state index contributed by atoms with van der Waals surface area (Å²) in [6, 6.07) is 10.6. The number of carbonyl (C=O) groups excluding carboxylic acids is 1. The summed E-state index contributed by atoms with van der Waals surface area (Å²) in [6.45, 7) is 0.208. The topological polar surface area (TPSA) is 84.5 Å². The number of carbonyl (C=O) groups is 1. The molecule has 1 aromatic carbocycles. The summed E-state index contributed by atoms with van der Waals surface area (Å²) in [5.74, 6) is 1.10. The summed E-state index contributed by atoms with van der Waals surface area (Å²) < 4.78 is 15.6. The SMILES string of the molecule is COc1cccc(/C=C(\C#N)C(=O)NCc2ccco2)c1OC. The third-order valence-corrected chi connectivity index (χ3v) is 3.10. The maximum absolute atomic E-state index is 12.1.